The van der Waals surface area contributed by atoms with Gasteiger partial charge in [0.05, 0.1) is 12.5 Å². The molecule has 0 saturated carbocycles. The number of carbonyl (C=O) groups excluding carboxylic acids is 1. The van der Waals surface area contributed by atoms with Crippen LogP contribution in [0.1, 0.15) is 13.8 Å². The molecule has 0 aromatic heterocycles. The Balaban J connectivity index is 2.93. The summed E-state index contributed by atoms with van der Waals surface area (Å²) in [5.41, 5.74) is -0.483. The van der Waals surface area contributed by atoms with Gasteiger partial charge in [0.1, 0.15) is 6.61 Å². The monoisotopic (exact) mass is 172 g/mol. The van der Waals surface area contributed by atoms with E-state index in [-0.39, 0.29) is 11.5 Å². The molecular weight excluding hydrogens is 160 g/mol. The Bertz CT molecular complexity index is 239. The average Bonchev–Trinajstić information content (AvgIpc) is 2.27. The van der Waals surface area contributed by atoms with Gasteiger partial charge in [-0.25, -0.2) is 4.79 Å². The molecule has 0 atom stereocenters. The molecule has 0 saturated heterocycles. The van der Waals surface area contributed by atoms with Crippen LogP contribution < -0.4 is 0 Å². The van der Waals surface area contributed by atoms with Gasteiger partial charge >= 0.3 is 5.97 Å². The molecule has 0 bridgehead atoms. The maximum atomic E-state index is 10.9. The number of ether oxygens (including phenoxy) is 2. The standard InChI is InChI=1S/C8H12O4/c1-8(2)4-12-5(6(8)9)7(10)11-3/h9H,4H2,1-3H3. The van der Waals surface area contributed by atoms with E-state index in [2.05, 4.69) is 4.74 Å². The van der Waals surface area contributed by atoms with E-state index in [1.807, 2.05) is 0 Å². The maximum absolute atomic E-state index is 10.9. The predicted octanol–water partition coefficient (Wildman–Crippen LogP) is 0.985. The lowest BCUT2D eigenvalue weighted by Gasteiger charge is -2.13. The van der Waals surface area contributed by atoms with Crippen LogP contribution in [0, 0.1) is 5.41 Å². The molecule has 1 aliphatic rings. The molecule has 4 heteroatoms. The quantitative estimate of drug-likeness (QED) is 0.599. The summed E-state index contributed by atoms with van der Waals surface area (Å²) in [6, 6.07) is 0. The number of methoxy groups -OCH3 is 1. The first-order valence-electron chi connectivity index (χ1n) is 3.64. The van der Waals surface area contributed by atoms with Crippen LogP contribution >= 0.6 is 0 Å². The van der Waals surface area contributed by atoms with Crippen LogP contribution in [0.25, 0.3) is 0 Å². The Hall–Kier alpha value is -1.19. The molecule has 12 heavy (non-hydrogen) atoms. The minimum Gasteiger partial charge on any atom is -0.507 e. The number of rotatable bonds is 1. The van der Waals surface area contributed by atoms with Gasteiger partial charge in [0.2, 0.25) is 5.76 Å². The van der Waals surface area contributed by atoms with Gasteiger partial charge in [-0.2, -0.15) is 0 Å². The van der Waals surface area contributed by atoms with Crippen LogP contribution in [-0.4, -0.2) is 24.8 Å². The van der Waals surface area contributed by atoms with E-state index in [1.165, 1.54) is 7.11 Å². The zero-order valence-electron chi connectivity index (χ0n) is 7.38. The van der Waals surface area contributed by atoms with Crippen molar-refractivity contribution in [1.29, 1.82) is 0 Å². The summed E-state index contributed by atoms with van der Waals surface area (Å²) in [5.74, 6) is -0.727. The Labute approximate surface area is 70.8 Å². The molecule has 0 amide bonds. The maximum Gasteiger partial charge on any atom is 0.376 e. The zero-order valence-corrected chi connectivity index (χ0v) is 7.38. The van der Waals surface area contributed by atoms with Crippen molar-refractivity contribution in [2.24, 2.45) is 5.41 Å². The summed E-state index contributed by atoms with van der Waals surface area (Å²) in [7, 11) is 1.25. The van der Waals surface area contributed by atoms with E-state index < -0.39 is 11.4 Å². The molecule has 0 radical (unpaired) electrons. The summed E-state index contributed by atoms with van der Waals surface area (Å²) in [6.07, 6.45) is 0. The second kappa shape index (κ2) is 2.69. The van der Waals surface area contributed by atoms with Crippen LogP contribution in [0.15, 0.2) is 11.5 Å². The van der Waals surface area contributed by atoms with Crippen LogP contribution in [0.5, 0.6) is 0 Å². The van der Waals surface area contributed by atoms with Crippen LogP contribution in [0.3, 0.4) is 0 Å². The van der Waals surface area contributed by atoms with E-state index in [0.29, 0.717) is 6.61 Å². The third-order valence-electron chi connectivity index (χ3n) is 1.80. The Morgan fingerprint density at radius 3 is 2.58 bits per heavy atom. The lowest BCUT2D eigenvalue weighted by molar-refractivity contribution is -0.139. The number of aliphatic hydroxyl groups excluding tert-OH is 1. The number of hydrogen-bond donors (Lipinski definition) is 1. The Kier molecular flexibility index (Phi) is 2.00. The molecule has 68 valence electrons. The normalized spacial score (nSPS) is 20.6. The van der Waals surface area contributed by atoms with Gasteiger partial charge in [0.25, 0.3) is 0 Å². The summed E-state index contributed by atoms with van der Waals surface area (Å²) >= 11 is 0. The molecule has 0 fully saturated rings. The minimum atomic E-state index is -0.627. The topological polar surface area (TPSA) is 55.8 Å². The fourth-order valence-electron chi connectivity index (χ4n) is 0.945. The average molecular weight is 172 g/mol. The van der Waals surface area contributed by atoms with E-state index >= 15 is 0 Å². The zero-order chi connectivity index (χ0) is 9.35. The van der Waals surface area contributed by atoms with Gasteiger partial charge in [0.15, 0.2) is 5.76 Å². The third kappa shape index (κ3) is 1.24. The summed E-state index contributed by atoms with van der Waals surface area (Å²) in [5, 5.41) is 9.47. The molecule has 1 N–H and O–H groups in total. The second-order valence-electron chi connectivity index (χ2n) is 3.34. The van der Waals surface area contributed by atoms with Crippen LogP contribution in [-0.2, 0) is 14.3 Å². The first-order chi connectivity index (χ1) is 5.49. The SMILES string of the molecule is COC(=O)C1=C(O)C(C)(C)CO1. The number of esters is 1. The highest BCUT2D eigenvalue weighted by molar-refractivity contribution is 5.87. The Morgan fingerprint density at radius 2 is 2.25 bits per heavy atom. The van der Waals surface area contributed by atoms with Gasteiger partial charge in [-0.15, -0.1) is 0 Å². The third-order valence-corrected chi connectivity index (χ3v) is 1.80. The summed E-state index contributed by atoms with van der Waals surface area (Å²) in [4.78, 5) is 10.9. The molecular formula is C8H12O4. The highest BCUT2D eigenvalue weighted by Gasteiger charge is 2.38. The van der Waals surface area contributed by atoms with Crippen LogP contribution in [0.4, 0.5) is 0 Å². The molecule has 1 rings (SSSR count). The molecule has 0 unspecified atom stereocenters. The molecule has 4 nitrogen and oxygen atoms in total. The fourth-order valence-corrected chi connectivity index (χ4v) is 0.945. The molecule has 0 aliphatic carbocycles. The minimum absolute atomic E-state index is 0.0330. The van der Waals surface area contributed by atoms with Crippen molar-refractivity contribution < 1.29 is 19.4 Å². The van der Waals surface area contributed by atoms with Crippen molar-refractivity contribution in [3.63, 3.8) is 0 Å². The first kappa shape index (κ1) is 8.90. The van der Waals surface area contributed by atoms with Gasteiger partial charge in [-0.05, 0) is 13.8 Å². The number of hydrogen-bond acceptors (Lipinski definition) is 4. The highest BCUT2D eigenvalue weighted by atomic mass is 16.6. The van der Waals surface area contributed by atoms with Crippen molar-refractivity contribution in [2.75, 3.05) is 13.7 Å². The number of carbonyl (C=O) groups is 1. The van der Waals surface area contributed by atoms with Gasteiger partial charge in [0, 0.05) is 0 Å². The van der Waals surface area contributed by atoms with E-state index in [1.54, 1.807) is 13.8 Å². The predicted molar refractivity (Wildman–Crippen MR) is 41.4 cm³/mol. The van der Waals surface area contributed by atoms with Gasteiger partial charge < -0.3 is 14.6 Å². The highest BCUT2D eigenvalue weighted by Crippen LogP contribution is 2.34. The van der Waals surface area contributed by atoms with Crippen molar-refractivity contribution in [1.82, 2.24) is 0 Å². The first-order valence-corrected chi connectivity index (χ1v) is 3.64. The Morgan fingerprint density at radius 1 is 1.67 bits per heavy atom. The molecule has 1 heterocycles. The summed E-state index contributed by atoms with van der Waals surface area (Å²) in [6.45, 7) is 3.89. The smallest absolute Gasteiger partial charge is 0.376 e. The van der Waals surface area contributed by atoms with Gasteiger partial charge in [-0.3, -0.25) is 0 Å². The van der Waals surface area contributed by atoms with E-state index in [9.17, 15) is 9.90 Å². The van der Waals surface area contributed by atoms with Crippen molar-refractivity contribution in [3.05, 3.63) is 11.5 Å². The van der Waals surface area contributed by atoms with E-state index in [4.69, 9.17) is 4.74 Å². The number of aliphatic hydroxyl groups is 1. The van der Waals surface area contributed by atoms with Crippen molar-refractivity contribution in [3.8, 4) is 0 Å². The molecule has 0 spiro atoms. The molecule has 0 aromatic rings. The molecule has 1 aliphatic heterocycles. The lowest BCUT2D eigenvalue weighted by atomic mass is 9.93. The largest absolute Gasteiger partial charge is 0.507 e. The van der Waals surface area contributed by atoms with Crippen molar-refractivity contribution >= 4 is 5.97 Å². The van der Waals surface area contributed by atoms with E-state index in [0.717, 1.165) is 0 Å². The van der Waals surface area contributed by atoms with Crippen molar-refractivity contribution in [2.45, 2.75) is 13.8 Å². The molecule has 0 aromatic carbocycles. The summed E-state index contributed by atoms with van der Waals surface area (Å²) < 4.78 is 9.40. The lowest BCUT2D eigenvalue weighted by Crippen LogP contribution is -2.14. The second-order valence-corrected chi connectivity index (χ2v) is 3.34. The van der Waals surface area contributed by atoms with Crippen LogP contribution in [0.2, 0.25) is 0 Å². The van der Waals surface area contributed by atoms with Gasteiger partial charge in [-0.1, -0.05) is 0 Å². The fraction of sp³-hybridized carbons (Fsp3) is 0.625.